The summed E-state index contributed by atoms with van der Waals surface area (Å²) < 4.78 is 11.0. The van der Waals surface area contributed by atoms with Crippen molar-refractivity contribution in [3.63, 3.8) is 0 Å². The number of urea groups is 1. The highest BCUT2D eigenvalue weighted by molar-refractivity contribution is 5.89. The van der Waals surface area contributed by atoms with E-state index in [0.717, 1.165) is 35.4 Å². The first-order valence-corrected chi connectivity index (χ1v) is 11.8. The van der Waals surface area contributed by atoms with Crippen molar-refractivity contribution >= 4 is 17.6 Å². The van der Waals surface area contributed by atoms with E-state index in [0.29, 0.717) is 31.9 Å². The lowest BCUT2D eigenvalue weighted by Crippen LogP contribution is -2.40. The largest absolute Gasteiger partial charge is 0.497 e. The van der Waals surface area contributed by atoms with E-state index < -0.39 is 0 Å². The Labute approximate surface area is 206 Å². The summed E-state index contributed by atoms with van der Waals surface area (Å²) in [6.45, 7) is 2.09. The zero-order valence-electron chi connectivity index (χ0n) is 19.9. The number of rotatable bonds is 10. The summed E-state index contributed by atoms with van der Waals surface area (Å²) in [7, 11) is 1.64. The molecule has 1 saturated heterocycles. The minimum Gasteiger partial charge on any atom is -0.497 e. The predicted molar refractivity (Wildman–Crippen MR) is 135 cm³/mol. The fraction of sp³-hybridized carbons (Fsp3) is 0.286. The zero-order chi connectivity index (χ0) is 24.5. The van der Waals surface area contributed by atoms with Gasteiger partial charge in [0.2, 0.25) is 5.91 Å². The number of carbonyl (C=O) groups excluding carboxylic acids is 2. The third-order valence-corrected chi connectivity index (χ3v) is 5.96. The number of ether oxygens (including phenoxy) is 2. The van der Waals surface area contributed by atoms with E-state index in [2.05, 4.69) is 10.6 Å². The van der Waals surface area contributed by atoms with Gasteiger partial charge in [0.1, 0.15) is 5.75 Å². The predicted octanol–water partition coefficient (Wildman–Crippen LogP) is 4.90. The minimum absolute atomic E-state index is 0.135. The van der Waals surface area contributed by atoms with Gasteiger partial charge in [-0.05, 0) is 47.4 Å². The summed E-state index contributed by atoms with van der Waals surface area (Å²) >= 11 is 0. The van der Waals surface area contributed by atoms with Crippen LogP contribution in [0.15, 0.2) is 78.9 Å². The molecule has 3 aromatic carbocycles. The van der Waals surface area contributed by atoms with Gasteiger partial charge in [-0.3, -0.25) is 4.79 Å². The van der Waals surface area contributed by atoms with Crippen LogP contribution in [0.5, 0.6) is 5.75 Å². The number of methoxy groups -OCH3 is 1. The SMILES string of the molecule is COc1ccc(COCc2cccc(NC(=O)NC(CN3CCCC3=O)c3ccccc3)c2)cc1. The van der Waals surface area contributed by atoms with Gasteiger partial charge < -0.3 is 25.0 Å². The molecule has 1 heterocycles. The maximum absolute atomic E-state index is 12.8. The molecule has 1 unspecified atom stereocenters. The lowest BCUT2D eigenvalue weighted by molar-refractivity contribution is -0.128. The number of benzene rings is 3. The second-order valence-corrected chi connectivity index (χ2v) is 8.55. The van der Waals surface area contributed by atoms with E-state index in [1.807, 2.05) is 83.8 Å². The molecular weight excluding hydrogens is 442 g/mol. The third-order valence-electron chi connectivity index (χ3n) is 5.96. The number of nitrogens with one attached hydrogen (secondary N) is 2. The van der Waals surface area contributed by atoms with Gasteiger partial charge in [-0.1, -0.05) is 54.6 Å². The molecule has 4 rings (SSSR count). The average molecular weight is 474 g/mol. The molecule has 182 valence electrons. The standard InChI is InChI=1S/C28H31N3O4/c1-34-25-14-12-21(13-15-25)19-35-20-22-7-5-10-24(17-22)29-28(33)30-26(23-8-3-2-4-9-23)18-31-16-6-11-27(31)32/h2-5,7-10,12-15,17,26H,6,11,16,18-20H2,1H3,(H2,29,30,33). The highest BCUT2D eigenvalue weighted by Gasteiger charge is 2.25. The number of hydrogen-bond acceptors (Lipinski definition) is 4. The van der Waals surface area contributed by atoms with Crippen LogP contribution in [0.2, 0.25) is 0 Å². The quantitative estimate of drug-likeness (QED) is 0.439. The van der Waals surface area contributed by atoms with E-state index in [-0.39, 0.29) is 18.0 Å². The first-order chi connectivity index (χ1) is 17.1. The van der Waals surface area contributed by atoms with Crippen molar-refractivity contribution in [1.29, 1.82) is 0 Å². The van der Waals surface area contributed by atoms with Crippen molar-refractivity contribution < 1.29 is 19.1 Å². The number of carbonyl (C=O) groups is 2. The van der Waals surface area contributed by atoms with Crippen molar-refractivity contribution in [3.8, 4) is 5.75 Å². The number of anilines is 1. The van der Waals surface area contributed by atoms with Crippen LogP contribution in [0.1, 0.15) is 35.6 Å². The van der Waals surface area contributed by atoms with Crippen LogP contribution >= 0.6 is 0 Å². The molecule has 35 heavy (non-hydrogen) atoms. The van der Waals surface area contributed by atoms with E-state index in [1.165, 1.54) is 0 Å². The monoisotopic (exact) mass is 473 g/mol. The molecule has 7 heteroatoms. The fourth-order valence-corrected chi connectivity index (χ4v) is 4.11. The Hall–Kier alpha value is -3.84. The van der Waals surface area contributed by atoms with Gasteiger partial charge in [0, 0.05) is 25.2 Å². The Morgan fingerprint density at radius 3 is 2.46 bits per heavy atom. The maximum Gasteiger partial charge on any atom is 0.319 e. The number of amides is 3. The second kappa shape index (κ2) is 12.0. The molecule has 0 bridgehead atoms. The highest BCUT2D eigenvalue weighted by Crippen LogP contribution is 2.20. The lowest BCUT2D eigenvalue weighted by Gasteiger charge is -2.25. The first kappa shape index (κ1) is 24.3. The molecular formula is C28H31N3O4. The van der Waals surface area contributed by atoms with Gasteiger partial charge in [0.25, 0.3) is 0 Å². The third kappa shape index (κ3) is 7.07. The second-order valence-electron chi connectivity index (χ2n) is 8.55. The minimum atomic E-state index is -0.318. The molecule has 0 saturated carbocycles. The molecule has 2 N–H and O–H groups in total. The van der Waals surface area contributed by atoms with Gasteiger partial charge in [-0.15, -0.1) is 0 Å². The van der Waals surface area contributed by atoms with Crippen molar-refractivity contribution in [3.05, 3.63) is 95.6 Å². The summed E-state index contributed by atoms with van der Waals surface area (Å²) in [4.78, 5) is 26.8. The molecule has 0 radical (unpaired) electrons. The Bertz CT molecular complexity index is 1120. The Kier molecular flexibility index (Phi) is 8.35. The molecule has 0 aromatic heterocycles. The van der Waals surface area contributed by atoms with Crippen LogP contribution in [0.3, 0.4) is 0 Å². The van der Waals surface area contributed by atoms with Gasteiger partial charge >= 0.3 is 6.03 Å². The zero-order valence-corrected chi connectivity index (χ0v) is 19.9. The summed E-state index contributed by atoms with van der Waals surface area (Å²) in [5.41, 5.74) is 3.65. The first-order valence-electron chi connectivity index (χ1n) is 11.8. The van der Waals surface area contributed by atoms with Crippen molar-refractivity contribution in [2.75, 3.05) is 25.5 Å². The van der Waals surface area contributed by atoms with E-state index in [1.54, 1.807) is 7.11 Å². The summed E-state index contributed by atoms with van der Waals surface area (Å²) in [6.07, 6.45) is 1.43. The summed E-state index contributed by atoms with van der Waals surface area (Å²) in [6, 6.07) is 24.5. The molecule has 1 fully saturated rings. The van der Waals surface area contributed by atoms with E-state index in [4.69, 9.17) is 9.47 Å². The molecule has 3 aromatic rings. The Morgan fingerprint density at radius 2 is 1.74 bits per heavy atom. The number of hydrogen-bond donors (Lipinski definition) is 2. The number of nitrogens with zero attached hydrogens (tertiary/aromatic N) is 1. The summed E-state index contributed by atoms with van der Waals surface area (Å²) in [5, 5.41) is 5.95. The van der Waals surface area contributed by atoms with Crippen molar-refractivity contribution in [2.24, 2.45) is 0 Å². The average Bonchev–Trinajstić information content (AvgIpc) is 3.29. The van der Waals surface area contributed by atoms with Crippen molar-refractivity contribution in [2.45, 2.75) is 32.1 Å². The fourth-order valence-electron chi connectivity index (χ4n) is 4.11. The normalized spacial score (nSPS) is 14.0. The van der Waals surface area contributed by atoms with Crippen LogP contribution in [0, 0.1) is 0 Å². The molecule has 7 nitrogen and oxygen atoms in total. The molecule has 0 aliphatic carbocycles. The molecule has 1 aliphatic rings. The summed E-state index contributed by atoms with van der Waals surface area (Å²) in [5.74, 6) is 0.947. The maximum atomic E-state index is 12.8. The van der Waals surface area contributed by atoms with Gasteiger partial charge in [0.05, 0.1) is 26.4 Å². The van der Waals surface area contributed by atoms with Crippen LogP contribution < -0.4 is 15.4 Å². The molecule has 0 spiro atoms. The lowest BCUT2D eigenvalue weighted by atomic mass is 10.1. The smallest absolute Gasteiger partial charge is 0.319 e. The number of likely N-dealkylation sites (tertiary alicyclic amines) is 1. The van der Waals surface area contributed by atoms with Crippen molar-refractivity contribution in [1.82, 2.24) is 10.2 Å². The van der Waals surface area contributed by atoms with E-state index in [9.17, 15) is 9.59 Å². The molecule has 1 atom stereocenters. The molecule has 1 aliphatic heterocycles. The van der Waals surface area contributed by atoms with Crippen LogP contribution in [-0.2, 0) is 22.7 Å². The van der Waals surface area contributed by atoms with Gasteiger partial charge in [-0.25, -0.2) is 4.79 Å². The topological polar surface area (TPSA) is 79.9 Å². The molecule has 3 amide bonds. The Balaban J connectivity index is 1.33. The van der Waals surface area contributed by atoms with Crippen LogP contribution in [-0.4, -0.2) is 37.0 Å². The van der Waals surface area contributed by atoms with Gasteiger partial charge in [0.15, 0.2) is 0 Å². The van der Waals surface area contributed by atoms with Gasteiger partial charge in [-0.2, -0.15) is 0 Å². The Morgan fingerprint density at radius 1 is 0.971 bits per heavy atom. The van der Waals surface area contributed by atoms with Crippen LogP contribution in [0.4, 0.5) is 10.5 Å². The van der Waals surface area contributed by atoms with E-state index >= 15 is 0 Å². The van der Waals surface area contributed by atoms with Crippen LogP contribution in [0.25, 0.3) is 0 Å². The highest BCUT2D eigenvalue weighted by atomic mass is 16.5.